The van der Waals surface area contributed by atoms with Crippen LogP contribution >= 0.6 is 0 Å². The quantitative estimate of drug-likeness (QED) is 0.313. The number of hydrogen-bond donors (Lipinski definition) is 2. The predicted molar refractivity (Wildman–Crippen MR) is 112 cm³/mol. The Bertz CT molecular complexity index is 742. The van der Waals surface area contributed by atoms with Crippen LogP contribution in [0.1, 0.15) is 22.3 Å². The average molecular weight is 450 g/mol. The standard InChI is InChI=1S/C22H28N2O4.Zn/c1-17-5-3-7-19(21(17)25)15-23-9-11-27-13-14-28-12-10-24-16-20-8-4-6-18(2)22(20)26;/h3-8,15-16,25-26H,9-14H2,1-2H3;/q;+2. The molecule has 2 aromatic rings. The van der Waals surface area contributed by atoms with Crippen molar-refractivity contribution in [3.8, 4) is 11.5 Å². The fourth-order valence-electron chi connectivity index (χ4n) is 2.45. The van der Waals surface area contributed by atoms with Crippen LogP contribution in [0, 0.1) is 13.8 Å². The fraction of sp³-hybridized carbons (Fsp3) is 0.364. The summed E-state index contributed by atoms with van der Waals surface area (Å²) in [6.07, 6.45) is 3.32. The Labute approximate surface area is 185 Å². The van der Waals surface area contributed by atoms with E-state index >= 15 is 0 Å². The van der Waals surface area contributed by atoms with Gasteiger partial charge in [0.1, 0.15) is 11.5 Å². The number of aromatic hydroxyl groups is 2. The van der Waals surface area contributed by atoms with E-state index in [-0.39, 0.29) is 31.0 Å². The first-order chi connectivity index (χ1) is 13.6. The first-order valence-electron chi connectivity index (χ1n) is 9.32. The van der Waals surface area contributed by atoms with Crippen LogP contribution in [-0.2, 0) is 29.0 Å². The molecule has 0 aromatic heterocycles. The van der Waals surface area contributed by atoms with E-state index in [9.17, 15) is 10.2 Å². The Hall–Kier alpha value is -2.08. The molecule has 0 saturated carbocycles. The number of phenols is 2. The van der Waals surface area contributed by atoms with Gasteiger partial charge in [0.15, 0.2) is 0 Å². The molecule has 0 atom stereocenters. The van der Waals surface area contributed by atoms with Gasteiger partial charge in [-0.25, -0.2) is 0 Å². The third-order valence-corrected chi connectivity index (χ3v) is 4.10. The van der Waals surface area contributed by atoms with Gasteiger partial charge < -0.3 is 19.7 Å². The summed E-state index contributed by atoms with van der Waals surface area (Å²) in [6.45, 7) is 6.74. The van der Waals surface area contributed by atoms with Gasteiger partial charge in [0.05, 0.1) is 39.5 Å². The topological polar surface area (TPSA) is 83.6 Å². The normalized spacial score (nSPS) is 11.2. The van der Waals surface area contributed by atoms with Gasteiger partial charge in [-0.15, -0.1) is 0 Å². The van der Waals surface area contributed by atoms with E-state index in [0.29, 0.717) is 50.6 Å². The third kappa shape index (κ3) is 8.86. The Balaban J connectivity index is 0.00000420. The number of hydrogen-bond acceptors (Lipinski definition) is 6. The predicted octanol–water partition coefficient (Wildman–Crippen LogP) is 3.28. The van der Waals surface area contributed by atoms with Crippen LogP contribution in [0.15, 0.2) is 46.4 Å². The van der Waals surface area contributed by atoms with Crippen LogP contribution < -0.4 is 0 Å². The smallest absolute Gasteiger partial charge is 0.507 e. The van der Waals surface area contributed by atoms with Gasteiger partial charge in [-0.05, 0) is 37.1 Å². The molecule has 0 saturated heterocycles. The zero-order valence-corrected chi connectivity index (χ0v) is 20.1. The molecule has 7 heteroatoms. The largest absolute Gasteiger partial charge is 2.00 e. The summed E-state index contributed by atoms with van der Waals surface area (Å²) in [5.74, 6) is 0.529. The fourth-order valence-corrected chi connectivity index (χ4v) is 2.45. The SMILES string of the molecule is Cc1cccc(C=NCCOCCOCCN=Cc2cccc(C)c2O)c1O.[Zn+2]. The van der Waals surface area contributed by atoms with Crippen molar-refractivity contribution in [3.05, 3.63) is 58.7 Å². The molecule has 29 heavy (non-hydrogen) atoms. The van der Waals surface area contributed by atoms with Crippen LogP contribution in [0.2, 0.25) is 0 Å². The Kier molecular flexibility index (Phi) is 12.0. The van der Waals surface area contributed by atoms with Crippen LogP contribution in [0.3, 0.4) is 0 Å². The number of aryl methyl sites for hydroxylation is 2. The van der Waals surface area contributed by atoms with Crippen molar-refractivity contribution < 1.29 is 39.2 Å². The Morgan fingerprint density at radius 1 is 0.724 bits per heavy atom. The second kappa shape index (κ2) is 14.0. The van der Waals surface area contributed by atoms with Crippen LogP contribution in [0.5, 0.6) is 11.5 Å². The molecule has 0 amide bonds. The molecule has 2 rings (SSSR count). The number of aliphatic imine (C=N–C) groups is 2. The minimum absolute atomic E-state index is 0. The van der Waals surface area contributed by atoms with Crippen molar-refractivity contribution in [1.82, 2.24) is 0 Å². The molecule has 150 valence electrons. The maximum atomic E-state index is 9.89. The van der Waals surface area contributed by atoms with Crippen molar-refractivity contribution in [2.75, 3.05) is 39.5 Å². The van der Waals surface area contributed by atoms with E-state index in [2.05, 4.69) is 9.98 Å². The van der Waals surface area contributed by atoms with E-state index in [4.69, 9.17) is 9.47 Å². The molecular formula is C22H28N2O4Zn+2. The zero-order chi connectivity index (χ0) is 20.2. The van der Waals surface area contributed by atoms with E-state index in [0.717, 1.165) is 11.1 Å². The van der Waals surface area contributed by atoms with Crippen LogP contribution in [0.4, 0.5) is 0 Å². The van der Waals surface area contributed by atoms with Gasteiger partial charge in [-0.2, -0.15) is 0 Å². The van der Waals surface area contributed by atoms with E-state index < -0.39 is 0 Å². The summed E-state index contributed by atoms with van der Waals surface area (Å²) in [6, 6.07) is 11.1. The van der Waals surface area contributed by atoms with Crippen LogP contribution in [0.25, 0.3) is 0 Å². The van der Waals surface area contributed by atoms with E-state index in [1.165, 1.54) is 0 Å². The molecule has 0 radical (unpaired) electrons. The number of rotatable bonds is 11. The van der Waals surface area contributed by atoms with E-state index in [1.54, 1.807) is 12.4 Å². The van der Waals surface area contributed by atoms with Gasteiger partial charge in [0, 0.05) is 23.6 Å². The molecule has 0 unspecified atom stereocenters. The maximum Gasteiger partial charge on any atom is 2.00 e. The van der Waals surface area contributed by atoms with E-state index in [1.807, 2.05) is 50.2 Å². The van der Waals surface area contributed by atoms with Crippen molar-refractivity contribution in [1.29, 1.82) is 0 Å². The number of para-hydroxylation sites is 2. The van der Waals surface area contributed by atoms with Crippen molar-refractivity contribution >= 4 is 12.4 Å². The summed E-state index contributed by atoms with van der Waals surface area (Å²) < 4.78 is 10.9. The van der Waals surface area contributed by atoms with Crippen LogP contribution in [-0.4, -0.2) is 62.2 Å². The molecule has 0 bridgehead atoms. The minimum atomic E-state index is 0. The maximum absolute atomic E-state index is 9.89. The third-order valence-electron chi connectivity index (χ3n) is 4.10. The van der Waals surface area contributed by atoms with Gasteiger partial charge in [0.2, 0.25) is 0 Å². The molecule has 2 N–H and O–H groups in total. The van der Waals surface area contributed by atoms with Crippen molar-refractivity contribution in [2.24, 2.45) is 9.98 Å². The molecule has 0 heterocycles. The van der Waals surface area contributed by atoms with Gasteiger partial charge in [-0.3, -0.25) is 9.98 Å². The molecule has 0 spiro atoms. The van der Waals surface area contributed by atoms with Crippen molar-refractivity contribution in [3.63, 3.8) is 0 Å². The minimum Gasteiger partial charge on any atom is -0.507 e. The summed E-state index contributed by atoms with van der Waals surface area (Å²) in [5, 5.41) is 19.8. The summed E-state index contributed by atoms with van der Waals surface area (Å²) in [4.78, 5) is 8.51. The number of ether oxygens (including phenoxy) is 2. The zero-order valence-electron chi connectivity index (χ0n) is 17.2. The van der Waals surface area contributed by atoms with Crippen molar-refractivity contribution in [2.45, 2.75) is 13.8 Å². The monoisotopic (exact) mass is 448 g/mol. The molecule has 0 aliphatic heterocycles. The first-order valence-corrected chi connectivity index (χ1v) is 9.32. The number of phenolic OH excluding ortho intramolecular Hbond substituents is 2. The van der Waals surface area contributed by atoms with Gasteiger partial charge in [-0.1, -0.05) is 24.3 Å². The Morgan fingerprint density at radius 3 is 1.55 bits per heavy atom. The molecule has 0 aliphatic rings. The molecule has 0 aliphatic carbocycles. The molecule has 0 fully saturated rings. The summed E-state index contributed by atoms with van der Waals surface area (Å²) >= 11 is 0. The van der Waals surface area contributed by atoms with Gasteiger partial charge >= 0.3 is 19.5 Å². The average Bonchev–Trinajstić information content (AvgIpc) is 2.69. The molecular weight excluding hydrogens is 422 g/mol. The number of benzene rings is 2. The van der Waals surface area contributed by atoms with Gasteiger partial charge in [0.25, 0.3) is 0 Å². The second-order valence-corrected chi connectivity index (χ2v) is 6.32. The second-order valence-electron chi connectivity index (χ2n) is 6.32. The number of nitrogens with zero attached hydrogens (tertiary/aromatic N) is 2. The molecule has 2 aromatic carbocycles. The summed E-state index contributed by atoms with van der Waals surface area (Å²) in [5.41, 5.74) is 3.08. The summed E-state index contributed by atoms with van der Waals surface area (Å²) in [7, 11) is 0. The first kappa shape index (κ1) is 25.0. The Morgan fingerprint density at radius 2 is 1.14 bits per heavy atom. The molecule has 6 nitrogen and oxygen atoms in total.